The van der Waals surface area contributed by atoms with Crippen molar-refractivity contribution in [2.75, 3.05) is 25.6 Å². The van der Waals surface area contributed by atoms with Gasteiger partial charge in [0.1, 0.15) is 0 Å². The fourth-order valence-electron chi connectivity index (χ4n) is 2.26. The van der Waals surface area contributed by atoms with Crippen molar-refractivity contribution in [2.45, 2.75) is 51.7 Å². The number of nitrogens with zero attached hydrogens (tertiary/aromatic N) is 1. The van der Waals surface area contributed by atoms with Crippen LogP contribution in [0.5, 0.6) is 0 Å². The molecule has 0 saturated heterocycles. The van der Waals surface area contributed by atoms with Gasteiger partial charge in [-0.1, -0.05) is 12.8 Å². The van der Waals surface area contributed by atoms with Crippen molar-refractivity contribution in [3.63, 3.8) is 0 Å². The Morgan fingerprint density at radius 1 is 1.27 bits per heavy atom. The molecular formula is C12H24ClNO. The molecule has 0 aliphatic heterocycles. The SMILES string of the molecule is CC(C)OCCN(CCCl)C1CCCC1. The van der Waals surface area contributed by atoms with E-state index in [1.165, 1.54) is 25.7 Å². The smallest absolute Gasteiger partial charge is 0.0597 e. The zero-order valence-corrected chi connectivity index (χ0v) is 10.8. The van der Waals surface area contributed by atoms with E-state index in [9.17, 15) is 0 Å². The summed E-state index contributed by atoms with van der Waals surface area (Å²) in [5.74, 6) is 0.734. The molecule has 0 aromatic rings. The summed E-state index contributed by atoms with van der Waals surface area (Å²) in [7, 11) is 0. The quantitative estimate of drug-likeness (QED) is 0.627. The monoisotopic (exact) mass is 233 g/mol. The second kappa shape index (κ2) is 7.48. The van der Waals surface area contributed by atoms with Crippen LogP contribution in [-0.2, 0) is 4.74 Å². The summed E-state index contributed by atoms with van der Waals surface area (Å²) in [6.45, 7) is 7.05. The largest absolute Gasteiger partial charge is 0.377 e. The summed E-state index contributed by atoms with van der Waals surface area (Å²) >= 11 is 5.83. The summed E-state index contributed by atoms with van der Waals surface area (Å²) in [5.41, 5.74) is 0. The highest BCUT2D eigenvalue weighted by molar-refractivity contribution is 6.18. The molecule has 1 rings (SSSR count). The maximum Gasteiger partial charge on any atom is 0.0597 e. The van der Waals surface area contributed by atoms with Crippen LogP contribution in [0.4, 0.5) is 0 Å². The molecule has 0 radical (unpaired) electrons. The summed E-state index contributed by atoms with van der Waals surface area (Å²) in [4.78, 5) is 2.50. The fourth-order valence-corrected chi connectivity index (χ4v) is 2.48. The van der Waals surface area contributed by atoms with Crippen molar-refractivity contribution in [3.8, 4) is 0 Å². The number of alkyl halides is 1. The molecule has 0 spiro atoms. The summed E-state index contributed by atoms with van der Waals surface area (Å²) in [6, 6.07) is 0.763. The number of ether oxygens (including phenoxy) is 1. The highest BCUT2D eigenvalue weighted by Crippen LogP contribution is 2.23. The van der Waals surface area contributed by atoms with Crippen LogP contribution in [0.2, 0.25) is 0 Å². The number of rotatable bonds is 7. The highest BCUT2D eigenvalue weighted by atomic mass is 35.5. The Kier molecular flexibility index (Phi) is 6.62. The van der Waals surface area contributed by atoms with Gasteiger partial charge in [0.25, 0.3) is 0 Å². The van der Waals surface area contributed by atoms with Crippen LogP contribution in [-0.4, -0.2) is 42.6 Å². The Bertz CT molecular complexity index is 158. The lowest BCUT2D eigenvalue weighted by Crippen LogP contribution is -2.37. The van der Waals surface area contributed by atoms with Crippen LogP contribution in [0.15, 0.2) is 0 Å². The van der Waals surface area contributed by atoms with Gasteiger partial charge in [-0.25, -0.2) is 0 Å². The summed E-state index contributed by atoms with van der Waals surface area (Å²) < 4.78 is 5.59. The van der Waals surface area contributed by atoms with Crippen LogP contribution in [0.3, 0.4) is 0 Å². The molecule has 0 heterocycles. The Morgan fingerprint density at radius 3 is 2.47 bits per heavy atom. The Hall–Kier alpha value is 0.210. The number of hydrogen-bond donors (Lipinski definition) is 0. The average molecular weight is 234 g/mol. The van der Waals surface area contributed by atoms with Gasteiger partial charge in [-0.2, -0.15) is 0 Å². The lowest BCUT2D eigenvalue weighted by atomic mass is 10.2. The second-order valence-corrected chi connectivity index (χ2v) is 4.96. The third kappa shape index (κ3) is 5.19. The van der Waals surface area contributed by atoms with E-state index >= 15 is 0 Å². The first-order valence-corrected chi connectivity index (χ1v) is 6.69. The summed E-state index contributed by atoms with van der Waals surface area (Å²) in [6.07, 6.45) is 5.80. The molecule has 90 valence electrons. The van der Waals surface area contributed by atoms with E-state index in [4.69, 9.17) is 16.3 Å². The van der Waals surface area contributed by atoms with Gasteiger partial charge in [-0.05, 0) is 26.7 Å². The maximum absolute atomic E-state index is 5.83. The van der Waals surface area contributed by atoms with Crippen molar-refractivity contribution >= 4 is 11.6 Å². The molecule has 0 N–H and O–H groups in total. The Balaban J connectivity index is 2.23. The molecule has 1 fully saturated rings. The third-order valence-electron chi connectivity index (χ3n) is 3.04. The van der Waals surface area contributed by atoms with Crippen LogP contribution in [0, 0.1) is 0 Å². The summed E-state index contributed by atoms with van der Waals surface area (Å²) in [5, 5.41) is 0. The van der Waals surface area contributed by atoms with E-state index in [0.29, 0.717) is 6.10 Å². The molecule has 1 aliphatic carbocycles. The van der Waals surface area contributed by atoms with Gasteiger partial charge in [-0.3, -0.25) is 4.90 Å². The standard InChI is InChI=1S/C12H24ClNO/c1-11(2)15-10-9-14(8-7-13)12-5-3-4-6-12/h11-12H,3-10H2,1-2H3. The van der Waals surface area contributed by atoms with Gasteiger partial charge in [0.2, 0.25) is 0 Å². The minimum absolute atomic E-state index is 0.339. The molecule has 15 heavy (non-hydrogen) atoms. The molecule has 0 bridgehead atoms. The van der Waals surface area contributed by atoms with Crippen molar-refractivity contribution in [1.82, 2.24) is 4.90 Å². The van der Waals surface area contributed by atoms with Crippen molar-refractivity contribution in [3.05, 3.63) is 0 Å². The van der Waals surface area contributed by atoms with E-state index in [1.54, 1.807) is 0 Å². The van der Waals surface area contributed by atoms with Crippen LogP contribution >= 0.6 is 11.6 Å². The first kappa shape index (κ1) is 13.3. The van der Waals surface area contributed by atoms with E-state index in [2.05, 4.69) is 18.7 Å². The molecular weight excluding hydrogens is 210 g/mol. The molecule has 0 atom stereocenters. The van der Waals surface area contributed by atoms with E-state index in [-0.39, 0.29) is 0 Å². The fraction of sp³-hybridized carbons (Fsp3) is 1.00. The van der Waals surface area contributed by atoms with Crippen molar-refractivity contribution in [2.24, 2.45) is 0 Å². The third-order valence-corrected chi connectivity index (χ3v) is 3.21. The molecule has 1 aliphatic rings. The first-order valence-electron chi connectivity index (χ1n) is 6.15. The van der Waals surface area contributed by atoms with Crippen molar-refractivity contribution in [1.29, 1.82) is 0 Å². The van der Waals surface area contributed by atoms with E-state index in [0.717, 1.165) is 31.6 Å². The second-order valence-electron chi connectivity index (χ2n) is 4.58. The van der Waals surface area contributed by atoms with E-state index < -0.39 is 0 Å². The molecule has 0 unspecified atom stereocenters. The molecule has 2 nitrogen and oxygen atoms in total. The number of hydrogen-bond acceptors (Lipinski definition) is 2. The van der Waals surface area contributed by atoms with Crippen LogP contribution in [0.1, 0.15) is 39.5 Å². The van der Waals surface area contributed by atoms with E-state index in [1.807, 2.05) is 0 Å². The zero-order chi connectivity index (χ0) is 11.1. The minimum atomic E-state index is 0.339. The average Bonchev–Trinajstić information content (AvgIpc) is 2.68. The van der Waals surface area contributed by atoms with Crippen LogP contribution in [0.25, 0.3) is 0 Å². The molecule has 0 amide bonds. The van der Waals surface area contributed by atoms with Crippen LogP contribution < -0.4 is 0 Å². The van der Waals surface area contributed by atoms with Gasteiger partial charge in [0, 0.05) is 25.0 Å². The lowest BCUT2D eigenvalue weighted by Gasteiger charge is -2.28. The Labute approximate surface area is 98.9 Å². The first-order chi connectivity index (χ1) is 7.24. The minimum Gasteiger partial charge on any atom is -0.377 e. The van der Waals surface area contributed by atoms with Crippen molar-refractivity contribution < 1.29 is 4.74 Å². The maximum atomic E-state index is 5.83. The van der Waals surface area contributed by atoms with Gasteiger partial charge in [0.05, 0.1) is 12.7 Å². The normalized spacial score (nSPS) is 18.2. The predicted molar refractivity (Wildman–Crippen MR) is 65.6 cm³/mol. The van der Waals surface area contributed by atoms with Gasteiger partial charge in [0.15, 0.2) is 0 Å². The lowest BCUT2D eigenvalue weighted by molar-refractivity contribution is 0.0510. The van der Waals surface area contributed by atoms with Gasteiger partial charge < -0.3 is 4.74 Å². The predicted octanol–water partition coefficient (Wildman–Crippen LogP) is 2.89. The molecule has 1 saturated carbocycles. The molecule has 0 aromatic carbocycles. The Morgan fingerprint density at radius 2 is 1.93 bits per heavy atom. The number of halogens is 1. The zero-order valence-electron chi connectivity index (χ0n) is 10.0. The molecule has 0 aromatic heterocycles. The van der Waals surface area contributed by atoms with Gasteiger partial charge in [-0.15, -0.1) is 11.6 Å². The topological polar surface area (TPSA) is 12.5 Å². The molecule has 3 heteroatoms. The van der Waals surface area contributed by atoms with Gasteiger partial charge >= 0.3 is 0 Å². The highest BCUT2D eigenvalue weighted by Gasteiger charge is 2.21.